The summed E-state index contributed by atoms with van der Waals surface area (Å²) in [6, 6.07) is 16.9. The van der Waals surface area contributed by atoms with E-state index in [9.17, 15) is 28.5 Å². The van der Waals surface area contributed by atoms with Crippen molar-refractivity contribution < 1.29 is 28.5 Å². The number of aromatic hydroxyl groups is 3. The summed E-state index contributed by atoms with van der Waals surface area (Å²) in [6.07, 6.45) is 2.89. The van der Waals surface area contributed by atoms with Gasteiger partial charge in [-0.15, -0.1) is 0 Å². The lowest BCUT2D eigenvalue weighted by atomic mass is 10.1. The van der Waals surface area contributed by atoms with Crippen molar-refractivity contribution in [2.24, 2.45) is 5.10 Å². The van der Waals surface area contributed by atoms with Crippen LogP contribution in [0.3, 0.4) is 0 Å². The average molecular weight is 578 g/mol. The second-order valence-corrected chi connectivity index (χ2v) is 11.8. The average Bonchev–Trinajstić information content (AvgIpc) is 3.33. The number of hydrazone groups is 1. The van der Waals surface area contributed by atoms with Gasteiger partial charge in [-0.3, -0.25) is 14.6 Å². The molecule has 5 rings (SSSR count). The summed E-state index contributed by atoms with van der Waals surface area (Å²) < 4.78 is 28.3. The molecule has 1 aliphatic rings. The standard InChI is InChI=1S/C29H31N5O6S/c1-20-6-9-23(10-7-20)41(39,40)34-18-22(24-4-2-3-5-25(24)34)17-32-12-14-33(15-13-32)19-27(36)31-30-16-21-8-11-26(35)29(38)28(21)37/h2-11,16,18,35,37-38H,12-15,17,19H2,1H3,(H,31,36)/b30-16-. The second kappa shape index (κ2) is 11.6. The lowest BCUT2D eigenvalue weighted by Crippen LogP contribution is -2.48. The van der Waals surface area contributed by atoms with Gasteiger partial charge in [-0.1, -0.05) is 35.9 Å². The molecule has 1 aliphatic heterocycles. The van der Waals surface area contributed by atoms with Crippen molar-refractivity contribution in [2.45, 2.75) is 18.4 Å². The fraction of sp³-hybridized carbons (Fsp3) is 0.241. The van der Waals surface area contributed by atoms with E-state index < -0.39 is 27.3 Å². The number of nitrogens with one attached hydrogen (secondary N) is 1. The number of benzene rings is 3. The molecule has 214 valence electrons. The molecule has 0 saturated carbocycles. The highest BCUT2D eigenvalue weighted by molar-refractivity contribution is 7.90. The van der Waals surface area contributed by atoms with Gasteiger partial charge in [0.2, 0.25) is 5.75 Å². The van der Waals surface area contributed by atoms with Gasteiger partial charge < -0.3 is 15.3 Å². The summed E-state index contributed by atoms with van der Waals surface area (Å²) in [5.41, 5.74) is 5.08. The van der Waals surface area contributed by atoms with Gasteiger partial charge in [0.15, 0.2) is 11.5 Å². The molecule has 12 heteroatoms. The molecule has 3 aromatic carbocycles. The fourth-order valence-electron chi connectivity index (χ4n) is 4.81. The number of piperazine rings is 1. The van der Waals surface area contributed by atoms with Gasteiger partial charge in [-0.05, 0) is 42.8 Å². The molecule has 11 nitrogen and oxygen atoms in total. The Labute approximate surface area is 237 Å². The van der Waals surface area contributed by atoms with Crippen LogP contribution in [0, 0.1) is 6.92 Å². The second-order valence-electron chi connectivity index (χ2n) is 10.0. The zero-order valence-electron chi connectivity index (χ0n) is 22.4. The number of carbonyl (C=O) groups is 1. The summed E-state index contributed by atoms with van der Waals surface area (Å²) in [5.74, 6) is -1.98. The molecule has 0 radical (unpaired) electrons. The minimum absolute atomic E-state index is 0.131. The van der Waals surface area contributed by atoms with Crippen molar-refractivity contribution >= 4 is 33.0 Å². The summed E-state index contributed by atoms with van der Waals surface area (Å²) >= 11 is 0. The number of phenols is 3. The number of aryl methyl sites for hydroxylation is 1. The van der Waals surface area contributed by atoms with Crippen LogP contribution in [0.2, 0.25) is 0 Å². The van der Waals surface area contributed by atoms with Crippen LogP contribution in [-0.2, 0) is 21.4 Å². The Kier molecular flexibility index (Phi) is 7.97. The molecule has 1 fully saturated rings. The van der Waals surface area contributed by atoms with Crippen molar-refractivity contribution in [1.82, 2.24) is 19.2 Å². The van der Waals surface area contributed by atoms with Crippen LogP contribution in [-0.4, -0.2) is 82.4 Å². The largest absolute Gasteiger partial charge is 0.504 e. The maximum Gasteiger partial charge on any atom is 0.268 e. The molecule has 0 unspecified atom stereocenters. The minimum atomic E-state index is -3.76. The third-order valence-corrected chi connectivity index (χ3v) is 8.81. The number of fused-ring (bicyclic) bond motifs is 1. The molecular formula is C29H31N5O6S. The topological polar surface area (TPSA) is 148 Å². The number of rotatable bonds is 8. The Balaban J connectivity index is 1.19. The Morgan fingerprint density at radius 2 is 1.61 bits per heavy atom. The van der Waals surface area contributed by atoms with Crippen LogP contribution in [0.25, 0.3) is 10.9 Å². The molecule has 1 saturated heterocycles. The van der Waals surface area contributed by atoms with E-state index in [1.807, 2.05) is 36.1 Å². The van der Waals surface area contributed by atoms with E-state index in [2.05, 4.69) is 15.4 Å². The molecule has 4 N–H and O–H groups in total. The third kappa shape index (κ3) is 6.04. The highest BCUT2D eigenvalue weighted by Crippen LogP contribution is 2.36. The van der Waals surface area contributed by atoms with Gasteiger partial charge in [0.1, 0.15) is 0 Å². The molecule has 0 aliphatic carbocycles. The first-order valence-corrected chi connectivity index (χ1v) is 14.5. The summed E-state index contributed by atoms with van der Waals surface area (Å²) in [5, 5.41) is 33.5. The minimum Gasteiger partial charge on any atom is -0.504 e. The summed E-state index contributed by atoms with van der Waals surface area (Å²) in [4.78, 5) is 16.8. The number of aromatic nitrogens is 1. The monoisotopic (exact) mass is 577 g/mol. The van der Waals surface area contributed by atoms with Crippen molar-refractivity contribution in [3.05, 3.63) is 83.6 Å². The Hall–Kier alpha value is -4.39. The first-order chi connectivity index (χ1) is 19.6. The predicted molar refractivity (Wildman–Crippen MR) is 155 cm³/mol. The van der Waals surface area contributed by atoms with Gasteiger partial charge in [0.05, 0.1) is 23.2 Å². The van der Waals surface area contributed by atoms with Crippen LogP contribution >= 0.6 is 0 Å². The first kappa shape index (κ1) is 28.1. The van der Waals surface area contributed by atoms with Crippen LogP contribution in [0.1, 0.15) is 16.7 Å². The number of amides is 1. The van der Waals surface area contributed by atoms with Crippen LogP contribution < -0.4 is 5.43 Å². The third-order valence-electron chi connectivity index (χ3n) is 7.12. The Morgan fingerprint density at radius 3 is 2.34 bits per heavy atom. The number of para-hydroxylation sites is 1. The van der Waals surface area contributed by atoms with Crippen LogP contribution in [0.4, 0.5) is 0 Å². The van der Waals surface area contributed by atoms with Crippen molar-refractivity contribution in [3.8, 4) is 17.2 Å². The summed E-state index contributed by atoms with van der Waals surface area (Å²) in [7, 11) is -3.76. The zero-order chi connectivity index (χ0) is 29.1. The van der Waals surface area contributed by atoms with E-state index in [4.69, 9.17) is 0 Å². The Bertz CT molecular complexity index is 1710. The molecule has 1 amide bonds. The van der Waals surface area contributed by atoms with Gasteiger partial charge >= 0.3 is 0 Å². The number of phenolic OH excluding ortho intramolecular Hbond substituents is 3. The number of hydrogen-bond donors (Lipinski definition) is 4. The molecule has 4 aromatic rings. The smallest absolute Gasteiger partial charge is 0.268 e. The molecule has 0 spiro atoms. The molecule has 41 heavy (non-hydrogen) atoms. The van der Waals surface area contributed by atoms with Crippen LogP contribution in [0.15, 0.2) is 76.9 Å². The van der Waals surface area contributed by atoms with Gasteiger partial charge in [-0.25, -0.2) is 17.8 Å². The van der Waals surface area contributed by atoms with Crippen molar-refractivity contribution in [2.75, 3.05) is 32.7 Å². The number of carbonyl (C=O) groups excluding carboxylic acids is 1. The maximum atomic E-state index is 13.5. The molecule has 0 atom stereocenters. The fourth-order valence-corrected chi connectivity index (χ4v) is 6.21. The van der Waals surface area contributed by atoms with E-state index in [0.717, 1.165) is 16.5 Å². The summed E-state index contributed by atoms with van der Waals surface area (Å²) in [6.45, 7) is 5.30. The molecule has 2 heterocycles. The van der Waals surface area contributed by atoms with E-state index in [1.165, 1.54) is 22.3 Å². The van der Waals surface area contributed by atoms with E-state index in [-0.39, 0.29) is 22.9 Å². The lowest BCUT2D eigenvalue weighted by molar-refractivity contribution is -0.122. The normalized spacial score (nSPS) is 15.0. The molecule has 0 bridgehead atoms. The SMILES string of the molecule is Cc1ccc(S(=O)(=O)n2cc(CN3CCN(CC(=O)N/N=C\c4ccc(O)c(O)c4O)CC3)c3ccccc32)cc1. The highest BCUT2D eigenvalue weighted by atomic mass is 32.2. The maximum absolute atomic E-state index is 13.5. The van der Waals surface area contributed by atoms with E-state index >= 15 is 0 Å². The van der Waals surface area contributed by atoms with Crippen LogP contribution in [0.5, 0.6) is 17.2 Å². The lowest BCUT2D eigenvalue weighted by Gasteiger charge is -2.34. The molecule has 1 aromatic heterocycles. The van der Waals surface area contributed by atoms with E-state index in [1.54, 1.807) is 30.5 Å². The molecular weight excluding hydrogens is 546 g/mol. The number of hydrogen-bond acceptors (Lipinski definition) is 9. The first-order valence-electron chi connectivity index (χ1n) is 13.0. The van der Waals surface area contributed by atoms with E-state index in [0.29, 0.717) is 38.2 Å². The van der Waals surface area contributed by atoms with Crippen molar-refractivity contribution in [3.63, 3.8) is 0 Å². The Morgan fingerprint density at radius 1 is 0.927 bits per heavy atom. The number of nitrogens with zero attached hydrogens (tertiary/aromatic N) is 4. The quantitative estimate of drug-likeness (QED) is 0.142. The van der Waals surface area contributed by atoms with Crippen molar-refractivity contribution in [1.29, 1.82) is 0 Å². The predicted octanol–water partition coefficient (Wildman–Crippen LogP) is 2.57. The van der Waals surface area contributed by atoms with Gasteiger partial charge in [0, 0.05) is 49.9 Å². The van der Waals surface area contributed by atoms with Gasteiger partial charge in [-0.2, -0.15) is 5.10 Å². The van der Waals surface area contributed by atoms with Gasteiger partial charge in [0.25, 0.3) is 15.9 Å². The highest BCUT2D eigenvalue weighted by Gasteiger charge is 2.24. The zero-order valence-corrected chi connectivity index (χ0v) is 23.3.